The van der Waals surface area contributed by atoms with Crippen LogP contribution >= 0.6 is 27.5 Å². The van der Waals surface area contributed by atoms with Crippen molar-refractivity contribution >= 4 is 33.8 Å². The SMILES string of the molecule is Cc1c(-c2nnc(CN3CC[C@@H](O)C3)o2)cccc1-c1cccc(COc2cc(O)c(C=O)cc2Cl)c1Br. The van der Waals surface area contributed by atoms with Gasteiger partial charge in [0.15, 0.2) is 6.29 Å². The van der Waals surface area contributed by atoms with Crippen LogP contribution in [0.5, 0.6) is 11.5 Å². The van der Waals surface area contributed by atoms with Gasteiger partial charge in [-0.15, -0.1) is 10.2 Å². The molecule has 0 spiro atoms. The van der Waals surface area contributed by atoms with Gasteiger partial charge in [0.1, 0.15) is 18.1 Å². The second kappa shape index (κ2) is 11.2. The van der Waals surface area contributed by atoms with Crippen molar-refractivity contribution in [1.82, 2.24) is 15.1 Å². The zero-order chi connectivity index (χ0) is 26.8. The summed E-state index contributed by atoms with van der Waals surface area (Å²) in [6, 6.07) is 14.5. The summed E-state index contributed by atoms with van der Waals surface area (Å²) >= 11 is 9.96. The van der Waals surface area contributed by atoms with E-state index in [-0.39, 0.29) is 34.8 Å². The van der Waals surface area contributed by atoms with Gasteiger partial charge >= 0.3 is 0 Å². The van der Waals surface area contributed by atoms with Gasteiger partial charge in [-0.3, -0.25) is 9.69 Å². The second-order valence-electron chi connectivity index (χ2n) is 9.18. The number of phenolic OH excluding ortho intramolecular Hbond substituents is 1. The number of β-amino-alcohol motifs (C(OH)–C–C–N with tert-alkyl or cyclic N) is 1. The molecule has 0 aliphatic carbocycles. The fourth-order valence-electron chi connectivity index (χ4n) is 4.55. The van der Waals surface area contributed by atoms with Crippen molar-refractivity contribution in [3.05, 3.63) is 80.6 Å². The second-order valence-corrected chi connectivity index (χ2v) is 10.4. The van der Waals surface area contributed by atoms with E-state index in [1.807, 2.05) is 43.3 Å². The van der Waals surface area contributed by atoms with Gasteiger partial charge in [0.05, 0.1) is 23.2 Å². The molecule has 2 N–H and O–H groups in total. The van der Waals surface area contributed by atoms with E-state index in [0.29, 0.717) is 31.2 Å². The maximum absolute atomic E-state index is 11.0. The molecule has 0 saturated carbocycles. The lowest BCUT2D eigenvalue weighted by Crippen LogP contribution is -2.21. The molecule has 10 heteroatoms. The van der Waals surface area contributed by atoms with Crippen molar-refractivity contribution in [3.63, 3.8) is 0 Å². The molecule has 5 rings (SSSR count). The van der Waals surface area contributed by atoms with E-state index in [1.165, 1.54) is 12.1 Å². The van der Waals surface area contributed by atoms with E-state index < -0.39 is 0 Å². The molecule has 8 nitrogen and oxygen atoms in total. The Hall–Kier alpha value is -3.24. The minimum Gasteiger partial charge on any atom is -0.507 e. The number of aldehydes is 1. The first-order valence-corrected chi connectivity index (χ1v) is 13.2. The van der Waals surface area contributed by atoms with Crippen LogP contribution in [0.1, 0.15) is 33.8 Å². The van der Waals surface area contributed by atoms with Gasteiger partial charge in [-0.2, -0.15) is 0 Å². The summed E-state index contributed by atoms with van der Waals surface area (Å²) in [5, 5.41) is 28.5. The van der Waals surface area contributed by atoms with Gasteiger partial charge in [0.2, 0.25) is 11.8 Å². The molecule has 1 fully saturated rings. The third-order valence-corrected chi connectivity index (χ3v) is 7.83. The molecule has 2 heterocycles. The molecule has 0 radical (unpaired) electrons. The molecule has 3 aromatic carbocycles. The molecule has 1 aromatic heterocycles. The Morgan fingerprint density at radius 1 is 1.18 bits per heavy atom. The van der Waals surface area contributed by atoms with E-state index in [0.717, 1.165) is 45.3 Å². The van der Waals surface area contributed by atoms with E-state index in [2.05, 4.69) is 31.0 Å². The summed E-state index contributed by atoms with van der Waals surface area (Å²) in [6.45, 7) is 4.12. The fraction of sp³-hybridized carbons (Fsp3) is 0.250. The third-order valence-electron chi connectivity index (χ3n) is 6.60. The van der Waals surface area contributed by atoms with Crippen molar-refractivity contribution in [2.24, 2.45) is 0 Å². The first-order chi connectivity index (χ1) is 18.3. The molecule has 1 saturated heterocycles. The third kappa shape index (κ3) is 5.47. The van der Waals surface area contributed by atoms with Crippen molar-refractivity contribution in [2.45, 2.75) is 32.6 Å². The number of benzene rings is 3. The summed E-state index contributed by atoms with van der Waals surface area (Å²) in [5.41, 5.74) is 4.75. The number of halogens is 2. The number of aliphatic hydroxyl groups excluding tert-OH is 1. The van der Waals surface area contributed by atoms with Crippen LogP contribution in [0.2, 0.25) is 5.02 Å². The molecule has 4 aromatic rings. The Kier molecular flexibility index (Phi) is 7.80. The smallest absolute Gasteiger partial charge is 0.248 e. The lowest BCUT2D eigenvalue weighted by atomic mass is 9.95. The maximum Gasteiger partial charge on any atom is 0.248 e. The number of likely N-dealkylation sites (tertiary alicyclic amines) is 1. The van der Waals surface area contributed by atoms with Gasteiger partial charge < -0.3 is 19.4 Å². The number of carbonyl (C=O) groups excluding carboxylic acids is 1. The number of hydrogen-bond acceptors (Lipinski definition) is 8. The Bertz CT molecular complexity index is 1490. The summed E-state index contributed by atoms with van der Waals surface area (Å²) in [5.74, 6) is 1.05. The fourth-order valence-corrected chi connectivity index (χ4v) is 5.37. The Morgan fingerprint density at radius 2 is 1.95 bits per heavy atom. The highest BCUT2D eigenvalue weighted by atomic mass is 79.9. The van der Waals surface area contributed by atoms with Gasteiger partial charge in [0, 0.05) is 34.8 Å². The Morgan fingerprint density at radius 3 is 2.71 bits per heavy atom. The Balaban J connectivity index is 1.38. The summed E-state index contributed by atoms with van der Waals surface area (Å²) < 4.78 is 12.7. The van der Waals surface area contributed by atoms with Crippen LogP contribution in [0, 0.1) is 6.92 Å². The lowest BCUT2D eigenvalue weighted by Gasteiger charge is -2.15. The van der Waals surface area contributed by atoms with Crippen molar-refractivity contribution < 1.29 is 24.2 Å². The van der Waals surface area contributed by atoms with E-state index in [9.17, 15) is 15.0 Å². The zero-order valence-electron chi connectivity index (χ0n) is 20.5. The highest BCUT2D eigenvalue weighted by Gasteiger charge is 2.23. The first kappa shape index (κ1) is 26.4. The number of hydrogen-bond donors (Lipinski definition) is 2. The number of aromatic hydroxyl groups is 1. The van der Waals surface area contributed by atoms with Crippen LogP contribution in [0.15, 0.2) is 57.4 Å². The van der Waals surface area contributed by atoms with Crippen molar-refractivity contribution in [3.8, 4) is 34.1 Å². The maximum atomic E-state index is 11.0. The molecule has 0 bridgehead atoms. The quantitative estimate of drug-likeness (QED) is 0.245. The number of ether oxygens (including phenoxy) is 1. The predicted molar refractivity (Wildman–Crippen MR) is 146 cm³/mol. The minimum absolute atomic E-state index is 0.101. The number of carbonyl (C=O) groups is 1. The summed E-state index contributed by atoms with van der Waals surface area (Å²) in [7, 11) is 0. The van der Waals surface area contributed by atoms with Crippen molar-refractivity contribution in [2.75, 3.05) is 13.1 Å². The minimum atomic E-state index is -0.303. The molecule has 196 valence electrons. The standard InChI is InChI=1S/C28H25BrClN3O5/c1-16-20(5-3-6-21(16)28-32-31-26(38-28)13-33-9-8-19(35)12-33)22-7-2-4-17(27(22)29)15-37-25-11-24(36)18(14-34)10-23(25)30/h2-7,10-11,14,19,35-36H,8-9,12-13,15H2,1H3/t19-/m1/s1. The Labute approximate surface area is 233 Å². The zero-order valence-corrected chi connectivity index (χ0v) is 22.9. The summed E-state index contributed by atoms with van der Waals surface area (Å²) in [6.07, 6.45) is 0.988. The van der Waals surface area contributed by atoms with Crippen LogP contribution < -0.4 is 4.74 Å². The average molecular weight is 599 g/mol. The number of rotatable bonds is 8. The monoisotopic (exact) mass is 597 g/mol. The topological polar surface area (TPSA) is 109 Å². The van der Waals surface area contributed by atoms with Crippen LogP contribution in [-0.2, 0) is 13.2 Å². The number of aliphatic hydroxyl groups is 1. The largest absolute Gasteiger partial charge is 0.507 e. The highest BCUT2D eigenvalue weighted by molar-refractivity contribution is 9.10. The number of aromatic nitrogens is 2. The van der Waals surface area contributed by atoms with Crippen LogP contribution in [0.3, 0.4) is 0 Å². The molecular formula is C28H25BrClN3O5. The van der Waals surface area contributed by atoms with Crippen molar-refractivity contribution in [1.29, 1.82) is 0 Å². The van der Waals surface area contributed by atoms with E-state index in [1.54, 1.807) is 0 Å². The van der Waals surface area contributed by atoms with E-state index >= 15 is 0 Å². The summed E-state index contributed by atoms with van der Waals surface area (Å²) in [4.78, 5) is 13.1. The molecular weight excluding hydrogens is 574 g/mol. The lowest BCUT2D eigenvalue weighted by molar-refractivity contribution is 0.112. The first-order valence-electron chi connectivity index (χ1n) is 12.0. The molecule has 1 aliphatic rings. The molecule has 0 amide bonds. The number of phenols is 1. The van der Waals surface area contributed by atoms with E-state index in [4.69, 9.17) is 20.8 Å². The van der Waals surface area contributed by atoms with Gasteiger partial charge in [0.25, 0.3) is 0 Å². The molecule has 1 atom stereocenters. The highest BCUT2D eigenvalue weighted by Crippen LogP contribution is 2.38. The normalized spacial score (nSPS) is 15.6. The van der Waals surface area contributed by atoms with Gasteiger partial charge in [-0.05, 0) is 58.1 Å². The predicted octanol–water partition coefficient (Wildman–Crippen LogP) is 5.79. The molecule has 38 heavy (non-hydrogen) atoms. The van der Waals surface area contributed by atoms with Gasteiger partial charge in [-0.25, -0.2) is 0 Å². The average Bonchev–Trinajstić information content (AvgIpc) is 3.54. The van der Waals surface area contributed by atoms with Crippen LogP contribution in [-0.4, -0.2) is 50.8 Å². The molecule has 0 unspecified atom stereocenters. The van der Waals surface area contributed by atoms with Crippen LogP contribution in [0.4, 0.5) is 0 Å². The van der Waals surface area contributed by atoms with Crippen LogP contribution in [0.25, 0.3) is 22.6 Å². The van der Waals surface area contributed by atoms with Gasteiger partial charge in [-0.1, -0.05) is 41.9 Å². The number of nitrogens with zero attached hydrogens (tertiary/aromatic N) is 3. The molecule has 1 aliphatic heterocycles.